The Labute approximate surface area is 95.2 Å². The first kappa shape index (κ1) is 14.4. The van der Waals surface area contributed by atoms with Gasteiger partial charge < -0.3 is 10.5 Å². The zero-order valence-electron chi connectivity index (χ0n) is 9.78. The van der Waals surface area contributed by atoms with Gasteiger partial charge in [0.2, 0.25) is 5.91 Å². The average Bonchev–Trinajstić information content (AvgIpc) is 2.31. The number of carbonyl (C=O) groups excluding carboxylic acids is 2. The second kappa shape index (κ2) is 8.70. The fraction of sp³-hybridized carbons (Fsp3) is 0.700. The van der Waals surface area contributed by atoms with Crippen LogP contribution in [0.5, 0.6) is 0 Å². The summed E-state index contributed by atoms with van der Waals surface area (Å²) in [6.45, 7) is 1.83. The fourth-order valence-electron chi connectivity index (χ4n) is 1.00. The summed E-state index contributed by atoms with van der Waals surface area (Å²) in [6.07, 6.45) is 2.81. The number of hydrazone groups is 1. The number of amidine groups is 1. The molecule has 0 aromatic carbocycles. The third kappa shape index (κ3) is 7.78. The topological polar surface area (TPSA) is 93.8 Å². The van der Waals surface area contributed by atoms with E-state index in [0.29, 0.717) is 25.7 Å². The molecule has 6 nitrogen and oxygen atoms in total. The highest BCUT2D eigenvalue weighted by atomic mass is 16.5. The molecule has 0 aliphatic heterocycles. The predicted molar refractivity (Wildman–Crippen MR) is 60.5 cm³/mol. The zero-order chi connectivity index (χ0) is 12.4. The first-order chi connectivity index (χ1) is 7.60. The maximum Gasteiger partial charge on any atom is 0.303 e. The summed E-state index contributed by atoms with van der Waals surface area (Å²) in [5.41, 5.74) is 7.45. The molecule has 0 aliphatic carbocycles. The van der Waals surface area contributed by atoms with Crippen molar-refractivity contribution in [2.45, 2.75) is 39.0 Å². The van der Waals surface area contributed by atoms with Crippen molar-refractivity contribution in [2.24, 2.45) is 10.8 Å². The van der Waals surface area contributed by atoms with Gasteiger partial charge in [0.25, 0.3) is 0 Å². The van der Waals surface area contributed by atoms with Crippen molar-refractivity contribution in [1.29, 1.82) is 0 Å². The highest BCUT2D eigenvalue weighted by Gasteiger charge is 2.02. The van der Waals surface area contributed by atoms with Crippen molar-refractivity contribution < 1.29 is 14.3 Å². The van der Waals surface area contributed by atoms with Crippen molar-refractivity contribution in [3.63, 3.8) is 0 Å². The van der Waals surface area contributed by atoms with Crippen molar-refractivity contribution in [3.05, 3.63) is 0 Å². The molecule has 0 heterocycles. The van der Waals surface area contributed by atoms with E-state index in [1.807, 2.05) is 6.92 Å². The smallest absolute Gasteiger partial charge is 0.303 e. The average molecular weight is 229 g/mol. The van der Waals surface area contributed by atoms with Gasteiger partial charge in [-0.3, -0.25) is 9.59 Å². The van der Waals surface area contributed by atoms with Gasteiger partial charge in [0.1, 0.15) is 5.78 Å². The molecular formula is C10H19N3O3. The van der Waals surface area contributed by atoms with Crippen LogP contribution in [0.15, 0.2) is 5.10 Å². The first-order valence-corrected chi connectivity index (χ1v) is 5.27. The van der Waals surface area contributed by atoms with E-state index in [1.54, 1.807) is 0 Å². The largest absolute Gasteiger partial charge is 0.468 e. The van der Waals surface area contributed by atoms with Gasteiger partial charge >= 0.3 is 6.02 Å². The van der Waals surface area contributed by atoms with Crippen molar-refractivity contribution in [1.82, 2.24) is 5.43 Å². The molecule has 0 bridgehead atoms. The number of nitrogens with one attached hydrogen (secondary N) is 1. The number of ketones is 1. The highest BCUT2D eigenvalue weighted by Crippen LogP contribution is 2.02. The van der Waals surface area contributed by atoms with Crippen molar-refractivity contribution >= 4 is 17.7 Å². The molecule has 92 valence electrons. The summed E-state index contributed by atoms with van der Waals surface area (Å²) in [5.74, 6) is -0.00833. The Morgan fingerprint density at radius 2 is 1.94 bits per heavy atom. The van der Waals surface area contributed by atoms with Crippen LogP contribution in [0.25, 0.3) is 0 Å². The molecule has 1 amide bonds. The Balaban J connectivity index is 3.55. The van der Waals surface area contributed by atoms with E-state index < -0.39 is 0 Å². The van der Waals surface area contributed by atoms with Crippen LogP contribution in [0.2, 0.25) is 0 Å². The first-order valence-electron chi connectivity index (χ1n) is 5.27. The lowest BCUT2D eigenvalue weighted by Crippen LogP contribution is -2.23. The standard InChI is InChI=1S/C10H19N3O3/c1-3-8(14)6-4-5-7-9(15)12-13-10(11)16-2/h3-7H2,1-2H3,(H2,11,13)(H,12,15). The van der Waals surface area contributed by atoms with Gasteiger partial charge in [-0.2, -0.15) is 0 Å². The van der Waals surface area contributed by atoms with Gasteiger partial charge in [0, 0.05) is 19.3 Å². The van der Waals surface area contributed by atoms with Crippen LogP contribution in [0.3, 0.4) is 0 Å². The van der Waals surface area contributed by atoms with Gasteiger partial charge in [0.05, 0.1) is 7.11 Å². The fourth-order valence-corrected chi connectivity index (χ4v) is 1.00. The van der Waals surface area contributed by atoms with E-state index in [-0.39, 0.29) is 17.7 Å². The third-order valence-corrected chi connectivity index (χ3v) is 2.00. The number of carbonyl (C=O) groups is 2. The minimum Gasteiger partial charge on any atom is -0.468 e. The number of amides is 1. The number of hydrogen-bond acceptors (Lipinski definition) is 4. The van der Waals surface area contributed by atoms with E-state index in [9.17, 15) is 9.59 Å². The molecule has 0 aromatic heterocycles. The molecule has 0 aliphatic rings. The quantitative estimate of drug-likeness (QED) is 0.288. The second-order valence-electron chi connectivity index (χ2n) is 3.29. The summed E-state index contributed by atoms with van der Waals surface area (Å²) in [4.78, 5) is 22.1. The van der Waals surface area contributed by atoms with Crippen LogP contribution in [-0.2, 0) is 14.3 Å². The lowest BCUT2D eigenvalue weighted by molar-refractivity contribution is -0.122. The maximum absolute atomic E-state index is 11.2. The number of hydrogen-bond donors (Lipinski definition) is 2. The lowest BCUT2D eigenvalue weighted by Gasteiger charge is -2.01. The molecule has 0 fully saturated rings. The minimum absolute atomic E-state index is 0.0884. The van der Waals surface area contributed by atoms with Gasteiger partial charge in [0.15, 0.2) is 0 Å². The van der Waals surface area contributed by atoms with Crippen LogP contribution < -0.4 is 11.2 Å². The molecule has 0 rings (SSSR count). The Hall–Kier alpha value is -1.59. The maximum atomic E-state index is 11.2. The molecule has 0 saturated heterocycles. The Kier molecular flexibility index (Phi) is 7.83. The van der Waals surface area contributed by atoms with Crippen LogP contribution in [0.1, 0.15) is 39.0 Å². The van der Waals surface area contributed by atoms with Crippen LogP contribution in [0, 0.1) is 0 Å². The molecule has 0 unspecified atom stereocenters. The summed E-state index contributed by atoms with van der Waals surface area (Å²) >= 11 is 0. The number of rotatable bonds is 7. The number of methoxy groups -OCH3 is 1. The molecule has 16 heavy (non-hydrogen) atoms. The number of nitrogens with zero attached hydrogens (tertiary/aromatic N) is 1. The van der Waals surface area contributed by atoms with Gasteiger partial charge in [-0.05, 0) is 12.8 Å². The molecule has 0 aromatic rings. The third-order valence-electron chi connectivity index (χ3n) is 2.00. The number of Topliss-reactive ketones (excluding diaryl/α,β-unsaturated/α-hetero) is 1. The second-order valence-corrected chi connectivity index (χ2v) is 3.29. The van der Waals surface area contributed by atoms with Crippen LogP contribution in [-0.4, -0.2) is 24.8 Å². The van der Waals surface area contributed by atoms with E-state index >= 15 is 0 Å². The molecule has 0 spiro atoms. The molecule has 0 atom stereocenters. The van der Waals surface area contributed by atoms with E-state index in [2.05, 4.69) is 15.3 Å². The minimum atomic E-state index is -0.232. The highest BCUT2D eigenvalue weighted by molar-refractivity contribution is 5.79. The molecule has 0 saturated carbocycles. The molecule has 0 radical (unpaired) electrons. The van der Waals surface area contributed by atoms with Gasteiger partial charge in [-0.15, -0.1) is 5.10 Å². The van der Waals surface area contributed by atoms with E-state index in [1.165, 1.54) is 7.11 Å². The SMILES string of the molecule is CCC(=O)CCCCC(=O)NN=C(N)OC. The van der Waals surface area contributed by atoms with Crippen LogP contribution >= 0.6 is 0 Å². The van der Waals surface area contributed by atoms with Crippen molar-refractivity contribution in [2.75, 3.05) is 7.11 Å². The number of unbranched alkanes of at least 4 members (excludes halogenated alkanes) is 1. The summed E-state index contributed by atoms with van der Waals surface area (Å²) in [7, 11) is 1.36. The predicted octanol–water partition coefficient (Wildman–Crippen LogP) is 0.518. The Morgan fingerprint density at radius 1 is 1.31 bits per heavy atom. The zero-order valence-corrected chi connectivity index (χ0v) is 9.78. The van der Waals surface area contributed by atoms with Crippen LogP contribution in [0.4, 0.5) is 0 Å². The lowest BCUT2D eigenvalue weighted by atomic mass is 10.1. The number of ether oxygens (including phenoxy) is 1. The van der Waals surface area contributed by atoms with Gasteiger partial charge in [-0.1, -0.05) is 6.92 Å². The number of nitrogens with two attached hydrogens (primary N) is 1. The summed E-state index contributed by atoms with van der Waals surface area (Å²) < 4.78 is 4.54. The monoisotopic (exact) mass is 229 g/mol. The molecule has 6 heteroatoms. The van der Waals surface area contributed by atoms with E-state index in [4.69, 9.17) is 5.73 Å². The Bertz CT molecular complexity index is 264. The summed E-state index contributed by atoms with van der Waals surface area (Å²) in [5, 5.41) is 3.48. The summed E-state index contributed by atoms with van der Waals surface area (Å²) in [6, 6.07) is -0.0884. The van der Waals surface area contributed by atoms with E-state index in [0.717, 1.165) is 6.42 Å². The Morgan fingerprint density at radius 3 is 2.50 bits per heavy atom. The molecular weight excluding hydrogens is 210 g/mol. The molecule has 3 N–H and O–H groups in total. The normalized spacial score (nSPS) is 11.0. The van der Waals surface area contributed by atoms with Gasteiger partial charge in [-0.25, -0.2) is 5.43 Å². The van der Waals surface area contributed by atoms with Crippen molar-refractivity contribution in [3.8, 4) is 0 Å².